The summed E-state index contributed by atoms with van der Waals surface area (Å²) < 4.78 is 10.3. The van der Waals surface area contributed by atoms with Crippen LogP contribution in [0.4, 0.5) is 4.79 Å². The van der Waals surface area contributed by atoms with E-state index in [1.54, 1.807) is 39.3 Å². The number of urea groups is 1. The highest BCUT2D eigenvalue weighted by Crippen LogP contribution is 2.24. The molecule has 0 unspecified atom stereocenters. The fraction of sp³-hybridized carbons (Fsp3) is 0.273. The van der Waals surface area contributed by atoms with Gasteiger partial charge in [-0.15, -0.1) is 0 Å². The van der Waals surface area contributed by atoms with E-state index in [9.17, 15) is 4.79 Å². The first-order valence-electron chi connectivity index (χ1n) is 4.90. The average Bonchev–Trinajstić information content (AvgIpc) is 2.34. The van der Waals surface area contributed by atoms with Crippen LogP contribution in [0.15, 0.2) is 23.3 Å². The van der Waals surface area contributed by atoms with Crippen molar-refractivity contribution in [3.05, 3.63) is 23.8 Å². The van der Waals surface area contributed by atoms with E-state index in [0.29, 0.717) is 17.2 Å². The van der Waals surface area contributed by atoms with Gasteiger partial charge in [-0.3, -0.25) is 0 Å². The highest BCUT2D eigenvalue weighted by molar-refractivity contribution is 6.01. The predicted octanol–water partition coefficient (Wildman–Crippen LogP) is 1.10. The zero-order valence-electron chi connectivity index (χ0n) is 9.98. The lowest BCUT2D eigenvalue weighted by Gasteiger charge is -2.09. The summed E-state index contributed by atoms with van der Waals surface area (Å²) in [4.78, 5) is 10.6. The summed E-state index contributed by atoms with van der Waals surface area (Å²) in [5.41, 5.74) is 8.39. The number of nitrogens with two attached hydrogens (primary N) is 1. The van der Waals surface area contributed by atoms with Crippen molar-refractivity contribution < 1.29 is 14.3 Å². The zero-order chi connectivity index (χ0) is 12.8. The van der Waals surface area contributed by atoms with Gasteiger partial charge in [0.25, 0.3) is 0 Å². The summed E-state index contributed by atoms with van der Waals surface area (Å²) in [6.07, 6.45) is 0. The van der Waals surface area contributed by atoms with Gasteiger partial charge in [0.1, 0.15) is 11.5 Å². The fourth-order valence-electron chi connectivity index (χ4n) is 1.30. The molecule has 0 aliphatic rings. The van der Waals surface area contributed by atoms with Gasteiger partial charge in [0, 0.05) is 5.56 Å². The molecule has 92 valence electrons. The minimum absolute atomic E-state index is 0.569. The zero-order valence-corrected chi connectivity index (χ0v) is 9.98. The largest absolute Gasteiger partial charge is 0.497 e. The number of ether oxygens (including phenoxy) is 2. The van der Waals surface area contributed by atoms with E-state index >= 15 is 0 Å². The Morgan fingerprint density at radius 2 is 2.06 bits per heavy atom. The van der Waals surface area contributed by atoms with Crippen molar-refractivity contribution in [2.45, 2.75) is 6.92 Å². The Balaban J connectivity index is 3.08. The Morgan fingerprint density at radius 3 is 2.59 bits per heavy atom. The van der Waals surface area contributed by atoms with Gasteiger partial charge in [-0.25, -0.2) is 10.2 Å². The monoisotopic (exact) mass is 237 g/mol. The van der Waals surface area contributed by atoms with Gasteiger partial charge in [-0.1, -0.05) is 0 Å². The first kappa shape index (κ1) is 12.8. The highest BCUT2D eigenvalue weighted by Gasteiger charge is 2.08. The first-order chi connectivity index (χ1) is 8.08. The van der Waals surface area contributed by atoms with Crippen molar-refractivity contribution in [2.75, 3.05) is 14.2 Å². The van der Waals surface area contributed by atoms with Gasteiger partial charge in [-0.05, 0) is 25.1 Å². The van der Waals surface area contributed by atoms with Crippen LogP contribution in [0.5, 0.6) is 11.5 Å². The third-order valence-electron chi connectivity index (χ3n) is 2.13. The summed E-state index contributed by atoms with van der Waals surface area (Å²) in [6.45, 7) is 1.73. The minimum Gasteiger partial charge on any atom is -0.497 e. The van der Waals surface area contributed by atoms with Crippen LogP contribution in [0.3, 0.4) is 0 Å². The summed E-state index contributed by atoms with van der Waals surface area (Å²) in [7, 11) is 3.12. The Kier molecular flexibility index (Phi) is 4.33. The average molecular weight is 237 g/mol. The number of hydrogen-bond donors (Lipinski definition) is 2. The number of primary amides is 1. The molecule has 0 saturated carbocycles. The van der Waals surface area contributed by atoms with Gasteiger partial charge in [0.2, 0.25) is 0 Å². The number of nitrogens with one attached hydrogen (secondary N) is 1. The summed E-state index contributed by atoms with van der Waals surface area (Å²) in [5, 5.41) is 3.83. The molecular formula is C11H15N3O3. The molecule has 0 bridgehead atoms. The van der Waals surface area contributed by atoms with Gasteiger partial charge < -0.3 is 15.2 Å². The van der Waals surface area contributed by atoms with Crippen molar-refractivity contribution in [2.24, 2.45) is 10.8 Å². The molecule has 1 rings (SSSR count). The molecule has 1 aromatic carbocycles. The quantitative estimate of drug-likeness (QED) is 0.607. The molecule has 6 heteroatoms. The molecule has 0 radical (unpaired) electrons. The van der Waals surface area contributed by atoms with Crippen molar-refractivity contribution in [3.63, 3.8) is 0 Å². The van der Waals surface area contributed by atoms with E-state index in [4.69, 9.17) is 15.2 Å². The number of carbonyl (C=O) groups is 1. The second-order valence-electron chi connectivity index (χ2n) is 3.24. The second-order valence-corrected chi connectivity index (χ2v) is 3.24. The van der Waals surface area contributed by atoms with Gasteiger partial charge in [0.15, 0.2) is 0 Å². The van der Waals surface area contributed by atoms with Crippen molar-refractivity contribution in [1.29, 1.82) is 0 Å². The van der Waals surface area contributed by atoms with Crippen LogP contribution >= 0.6 is 0 Å². The van der Waals surface area contributed by atoms with Gasteiger partial charge in [-0.2, -0.15) is 5.10 Å². The molecule has 0 aliphatic heterocycles. The maximum atomic E-state index is 10.6. The van der Waals surface area contributed by atoms with E-state index < -0.39 is 6.03 Å². The number of methoxy groups -OCH3 is 2. The number of nitrogens with zero attached hydrogens (tertiary/aromatic N) is 1. The number of benzene rings is 1. The van der Waals surface area contributed by atoms with Crippen LogP contribution in [-0.4, -0.2) is 26.0 Å². The molecular weight excluding hydrogens is 222 g/mol. The lowest BCUT2D eigenvalue weighted by molar-refractivity contribution is 0.249. The van der Waals surface area contributed by atoms with E-state index in [1.165, 1.54) is 0 Å². The lowest BCUT2D eigenvalue weighted by Crippen LogP contribution is -2.25. The Bertz CT molecular complexity index is 444. The number of amides is 2. The maximum Gasteiger partial charge on any atom is 0.332 e. The van der Waals surface area contributed by atoms with E-state index in [2.05, 4.69) is 10.5 Å². The Hall–Kier alpha value is -2.24. The molecule has 0 aliphatic carbocycles. The normalized spacial score (nSPS) is 10.9. The van der Waals surface area contributed by atoms with Crippen LogP contribution in [0.2, 0.25) is 0 Å². The fourth-order valence-corrected chi connectivity index (χ4v) is 1.30. The molecule has 0 atom stereocenters. The van der Waals surface area contributed by atoms with Gasteiger partial charge >= 0.3 is 6.03 Å². The van der Waals surface area contributed by atoms with Crippen LogP contribution in [0.1, 0.15) is 12.5 Å². The molecule has 0 fully saturated rings. The summed E-state index contributed by atoms with van der Waals surface area (Å²) in [6, 6.07) is 4.58. The molecule has 0 aromatic heterocycles. The van der Waals surface area contributed by atoms with Gasteiger partial charge in [0.05, 0.1) is 19.9 Å². The Labute approximate surface area is 99.4 Å². The summed E-state index contributed by atoms with van der Waals surface area (Å²) in [5.74, 6) is 1.31. The van der Waals surface area contributed by atoms with E-state index in [-0.39, 0.29) is 0 Å². The van der Waals surface area contributed by atoms with Crippen LogP contribution < -0.4 is 20.6 Å². The van der Waals surface area contributed by atoms with Crippen molar-refractivity contribution >= 4 is 11.7 Å². The predicted molar refractivity (Wildman–Crippen MR) is 64.5 cm³/mol. The molecule has 17 heavy (non-hydrogen) atoms. The first-order valence-corrected chi connectivity index (χ1v) is 4.90. The lowest BCUT2D eigenvalue weighted by atomic mass is 10.1. The topological polar surface area (TPSA) is 85.9 Å². The Morgan fingerprint density at radius 1 is 1.35 bits per heavy atom. The molecule has 1 aromatic rings. The van der Waals surface area contributed by atoms with E-state index in [0.717, 1.165) is 5.56 Å². The number of hydrogen-bond acceptors (Lipinski definition) is 4. The molecule has 0 spiro atoms. The molecule has 3 N–H and O–H groups in total. The van der Waals surface area contributed by atoms with Crippen LogP contribution in [0.25, 0.3) is 0 Å². The maximum absolute atomic E-state index is 10.6. The van der Waals surface area contributed by atoms with Crippen LogP contribution in [-0.2, 0) is 0 Å². The molecule has 0 saturated heterocycles. The molecule has 2 amide bonds. The SMILES string of the molecule is COc1ccc(OC)c(/C(C)=N\NC(N)=O)c1. The van der Waals surface area contributed by atoms with Crippen molar-refractivity contribution in [1.82, 2.24) is 5.43 Å². The molecule has 6 nitrogen and oxygen atoms in total. The number of carbonyl (C=O) groups excluding carboxylic acids is 1. The standard InChI is InChI=1S/C11H15N3O3/c1-7(13-14-11(12)15)9-6-8(16-2)4-5-10(9)17-3/h4-6H,1-3H3,(H3,12,14,15)/b13-7-. The third kappa shape index (κ3) is 3.37. The minimum atomic E-state index is -0.716. The number of rotatable bonds is 4. The van der Waals surface area contributed by atoms with Crippen molar-refractivity contribution in [3.8, 4) is 11.5 Å². The second kappa shape index (κ2) is 5.74. The summed E-state index contributed by atoms with van der Waals surface area (Å²) >= 11 is 0. The smallest absolute Gasteiger partial charge is 0.332 e. The van der Waals surface area contributed by atoms with Crippen LogP contribution in [0, 0.1) is 0 Å². The number of hydrazone groups is 1. The third-order valence-corrected chi connectivity index (χ3v) is 2.13. The highest BCUT2D eigenvalue weighted by atomic mass is 16.5. The molecule has 0 heterocycles. The van der Waals surface area contributed by atoms with E-state index in [1.807, 2.05) is 0 Å².